The Labute approximate surface area is 101 Å². The van der Waals surface area contributed by atoms with Gasteiger partial charge in [-0.2, -0.15) is 0 Å². The molecule has 0 aromatic carbocycles. The van der Waals surface area contributed by atoms with E-state index in [1.54, 1.807) is 11.3 Å². The van der Waals surface area contributed by atoms with E-state index in [-0.39, 0.29) is 6.42 Å². The summed E-state index contributed by atoms with van der Waals surface area (Å²) in [7, 11) is 3.95. The summed E-state index contributed by atoms with van der Waals surface area (Å²) in [6, 6.07) is 0. The van der Waals surface area contributed by atoms with Crippen LogP contribution >= 0.6 is 11.9 Å². The number of allylic oxidation sites excluding steroid dienone is 3. The first-order valence-electron chi connectivity index (χ1n) is 4.89. The summed E-state index contributed by atoms with van der Waals surface area (Å²) in [5.74, 6) is 5.98. The summed E-state index contributed by atoms with van der Waals surface area (Å²) in [6.45, 7) is 3.63. The van der Waals surface area contributed by atoms with Crippen LogP contribution in [0.4, 0.5) is 0 Å². The lowest BCUT2D eigenvalue weighted by molar-refractivity contribution is -0.136. The number of carboxylic acids is 1. The van der Waals surface area contributed by atoms with E-state index in [2.05, 4.69) is 6.08 Å². The number of carboxylic acid groups (broad SMARTS) is 1. The van der Waals surface area contributed by atoms with E-state index in [0.717, 1.165) is 5.82 Å². The number of carbonyl (C=O) groups is 1. The van der Waals surface area contributed by atoms with Gasteiger partial charge < -0.3 is 10.0 Å². The van der Waals surface area contributed by atoms with E-state index >= 15 is 0 Å². The van der Waals surface area contributed by atoms with Gasteiger partial charge in [0.15, 0.2) is 0 Å². The van der Waals surface area contributed by atoms with E-state index in [4.69, 9.17) is 10.9 Å². The first-order valence-corrected chi connectivity index (χ1v) is 5.66. The number of hydrazine groups is 1. The van der Waals surface area contributed by atoms with Crippen LogP contribution < -0.4 is 5.84 Å². The Morgan fingerprint density at radius 1 is 1.56 bits per heavy atom. The number of hydrogen-bond acceptors (Lipinski definition) is 5. The zero-order chi connectivity index (χ0) is 12.7. The summed E-state index contributed by atoms with van der Waals surface area (Å²) < 4.78 is 1.66. The fourth-order valence-electron chi connectivity index (χ4n) is 0.844. The van der Waals surface area contributed by atoms with Gasteiger partial charge in [0.25, 0.3) is 0 Å². The quantitative estimate of drug-likeness (QED) is 0.569. The molecule has 0 aromatic rings. The molecule has 0 aliphatic carbocycles. The van der Waals surface area contributed by atoms with Gasteiger partial charge in [-0.15, -0.1) is 0 Å². The summed E-state index contributed by atoms with van der Waals surface area (Å²) >= 11 is 1.54. The molecule has 1 aliphatic heterocycles. The minimum absolute atomic E-state index is 0.222. The van der Waals surface area contributed by atoms with Crippen molar-refractivity contribution >= 4 is 17.9 Å². The van der Waals surface area contributed by atoms with Crippen LogP contribution in [0.15, 0.2) is 22.9 Å². The molecule has 5 nitrogen and oxygen atoms in total. The van der Waals surface area contributed by atoms with Crippen LogP contribution in [0.2, 0.25) is 0 Å². The van der Waals surface area contributed by atoms with Crippen molar-refractivity contribution < 1.29 is 9.90 Å². The fraction of sp³-hybridized carbons (Fsp3) is 0.500. The van der Waals surface area contributed by atoms with Crippen molar-refractivity contribution in [2.24, 2.45) is 5.84 Å². The van der Waals surface area contributed by atoms with Crippen LogP contribution in [0.5, 0.6) is 0 Å². The zero-order valence-electron chi connectivity index (χ0n) is 10.1. The lowest BCUT2D eigenvalue weighted by Gasteiger charge is -2.28. The number of nitrogens with zero attached hydrogens (tertiary/aromatic N) is 2. The Balaban J connectivity index is 0.000000385. The van der Waals surface area contributed by atoms with Gasteiger partial charge in [0.1, 0.15) is 5.82 Å². The molecule has 0 fully saturated rings. The van der Waals surface area contributed by atoms with Gasteiger partial charge in [0, 0.05) is 37.4 Å². The van der Waals surface area contributed by atoms with Crippen molar-refractivity contribution in [1.82, 2.24) is 9.31 Å². The number of hydrogen-bond donors (Lipinski definition) is 2. The summed E-state index contributed by atoms with van der Waals surface area (Å²) in [6.07, 6.45) is 4.29. The molecule has 0 atom stereocenters. The van der Waals surface area contributed by atoms with Crippen LogP contribution in [0.1, 0.15) is 20.3 Å². The SMILES string of the molecule is CC1=CC=C(N(C)C)N(N)S1.CCC(=O)O. The minimum atomic E-state index is -0.745. The third-order valence-corrected chi connectivity index (χ3v) is 2.50. The molecule has 1 heterocycles. The van der Waals surface area contributed by atoms with Gasteiger partial charge in [0.05, 0.1) is 0 Å². The zero-order valence-corrected chi connectivity index (χ0v) is 10.9. The van der Waals surface area contributed by atoms with E-state index in [9.17, 15) is 4.79 Å². The molecule has 0 bridgehead atoms. The molecule has 16 heavy (non-hydrogen) atoms. The molecule has 3 N–H and O–H groups in total. The second kappa shape index (κ2) is 7.19. The van der Waals surface area contributed by atoms with E-state index in [1.165, 1.54) is 16.9 Å². The van der Waals surface area contributed by atoms with Crippen molar-refractivity contribution in [3.05, 3.63) is 22.9 Å². The van der Waals surface area contributed by atoms with Gasteiger partial charge >= 0.3 is 5.97 Å². The third kappa shape index (κ3) is 5.67. The van der Waals surface area contributed by atoms with Gasteiger partial charge in [-0.25, -0.2) is 10.3 Å². The van der Waals surface area contributed by atoms with Gasteiger partial charge in [-0.1, -0.05) is 6.92 Å². The molecule has 0 amide bonds. The van der Waals surface area contributed by atoms with Crippen LogP contribution in [0.25, 0.3) is 0 Å². The van der Waals surface area contributed by atoms with Crippen molar-refractivity contribution in [1.29, 1.82) is 0 Å². The van der Waals surface area contributed by atoms with Gasteiger partial charge in [-0.3, -0.25) is 4.79 Å². The Morgan fingerprint density at radius 3 is 2.38 bits per heavy atom. The van der Waals surface area contributed by atoms with Crippen molar-refractivity contribution in [2.45, 2.75) is 20.3 Å². The average Bonchev–Trinajstić information content (AvgIpc) is 2.17. The predicted molar refractivity (Wildman–Crippen MR) is 67.1 cm³/mol. The van der Waals surface area contributed by atoms with Crippen molar-refractivity contribution in [3.63, 3.8) is 0 Å². The lowest BCUT2D eigenvalue weighted by atomic mass is 10.4. The third-order valence-electron chi connectivity index (χ3n) is 1.70. The molecule has 92 valence electrons. The number of rotatable bonds is 2. The molecule has 1 aliphatic rings. The highest BCUT2D eigenvalue weighted by Gasteiger charge is 2.11. The second-order valence-electron chi connectivity index (χ2n) is 3.36. The summed E-state index contributed by atoms with van der Waals surface area (Å²) in [4.78, 5) is 12.6. The molecule has 0 radical (unpaired) electrons. The highest BCUT2D eigenvalue weighted by molar-refractivity contribution is 8.00. The number of nitrogens with two attached hydrogens (primary N) is 1. The van der Waals surface area contributed by atoms with Crippen LogP contribution in [0, 0.1) is 0 Å². The molecular formula is C10H19N3O2S. The average molecular weight is 245 g/mol. The van der Waals surface area contributed by atoms with E-state index in [0.29, 0.717) is 0 Å². The number of aliphatic carboxylic acids is 1. The van der Waals surface area contributed by atoms with Crippen molar-refractivity contribution in [2.75, 3.05) is 14.1 Å². The Hall–Kier alpha value is -1.14. The highest BCUT2D eigenvalue weighted by atomic mass is 32.2. The molecule has 0 saturated heterocycles. The van der Waals surface area contributed by atoms with Crippen molar-refractivity contribution in [3.8, 4) is 0 Å². The molecule has 0 spiro atoms. The standard InChI is InChI=1S/C7H13N3S.C3H6O2/c1-6-4-5-7(9(2)3)10(8)11-6;1-2-3(4)5/h4-5H,8H2,1-3H3;2H2,1H3,(H,4,5). The maximum atomic E-state index is 9.37. The molecule has 6 heteroatoms. The van der Waals surface area contributed by atoms with E-state index < -0.39 is 5.97 Å². The molecular weight excluding hydrogens is 226 g/mol. The largest absolute Gasteiger partial charge is 0.481 e. The molecule has 0 saturated carbocycles. The van der Waals surface area contributed by atoms with Crippen LogP contribution in [0.3, 0.4) is 0 Å². The molecule has 0 unspecified atom stereocenters. The lowest BCUT2D eigenvalue weighted by Crippen LogP contribution is -2.32. The van der Waals surface area contributed by atoms with Crippen LogP contribution in [-0.2, 0) is 4.79 Å². The smallest absolute Gasteiger partial charge is 0.303 e. The minimum Gasteiger partial charge on any atom is -0.481 e. The topological polar surface area (TPSA) is 69.8 Å². The van der Waals surface area contributed by atoms with Gasteiger partial charge in [-0.05, 0) is 19.1 Å². The molecule has 0 aromatic heterocycles. The second-order valence-corrected chi connectivity index (χ2v) is 4.58. The maximum Gasteiger partial charge on any atom is 0.303 e. The molecule has 1 rings (SSSR count). The van der Waals surface area contributed by atoms with Crippen LogP contribution in [-0.4, -0.2) is 34.5 Å². The first-order chi connectivity index (χ1) is 7.38. The fourth-order valence-corrected chi connectivity index (χ4v) is 1.60. The predicted octanol–water partition coefficient (Wildman–Crippen LogP) is 1.61. The normalized spacial score (nSPS) is 14.4. The Bertz CT molecular complexity index is 300. The summed E-state index contributed by atoms with van der Waals surface area (Å²) in [5.41, 5.74) is 0. The Kier molecular flexibility index (Phi) is 6.67. The Morgan fingerprint density at radius 2 is 2.06 bits per heavy atom. The van der Waals surface area contributed by atoms with E-state index in [1.807, 2.05) is 32.0 Å². The maximum absolute atomic E-state index is 9.37. The highest BCUT2D eigenvalue weighted by Crippen LogP contribution is 2.26. The monoisotopic (exact) mass is 245 g/mol. The summed E-state index contributed by atoms with van der Waals surface area (Å²) in [5, 5.41) is 7.72. The first kappa shape index (κ1) is 14.9. The van der Waals surface area contributed by atoms with Gasteiger partial charge in [0.2, 0.25) is 0 Å².